The van der Waals surface area contributed by atoms with Gasteiger partial charge in [-0.15, -0.1) is 0 Å². The van der Waals surface area contributed by atoms with Crippen molar-refractivity contribution in [2.45, 2.75) is 30.8 Å². The maximum atomic E-state index is 13.0. The quantitative estimate of drug-likeness (QED) is 0.512. The van der Waals surface area contributed by atoms with Crippen LogP contribution in [0.2, 0.25) is 0 Å². The van der Waals surface area contributed by atoms with Crippen LogP contribution in [0.1, 0.15) is 30.1 Å². The average molecular weight is 437 g/mol. The lowest BCUT2D eigenvalue weighted by molar-refractivity contribution is -0.152. The highest BCUT2D eigenvalue weighted by Gasteiger charge is 2.34. The number of hydrogen-bond donors (Lipinski definition) is 0. The predicted octanol–water partition coefficient (Wildman–Crippen LogP) is 3.18. The third kappa shape index (κ3) is 4.91. The van der Waals surface area contributed by atoms with Crippen molar-refractivity contribution in [3.63, 3.8) is 0 Å². The average Bonchev–Trinajstić information content (AvgIpc) is 2.74. The van der Waals surface area contributed by atoms with Gasteiger partial charge in [0.2, 0.25) is 15.8 Å². The Morgan fingerprint density at radius 3 is 2.00 bits per heavy atom. The van der Waals surface area contributed by atoms with Crippen LogP contribution >= 0.6 is 0 Å². The van der Waals surface area contributed by atoms with Crippen LogP contribution in [0.25, 0.3) is 0 Å². The fraction of sp³-hybridized carbons (Fsp3) is 0.333. The number of rotatable bonds is 6. The molecule has 1 aliphatic rings. The summed E-state index contributed by atoms with van der Waals surface area (Å²) in [5.74, 6) is -2.55. The number of hydrogen-bond acceptors (Lipinski definition) is 5. The molecule has 6 nitrogen and oxygen atoms in total. The number of Topliss-reactive ketones (excluding diaryl/α,β-unsaturated/α-hetero) is 1. The third-order valence-corrected chi connectivity index (χ3v) is 6.94. The van der Waals surface area contributed by atoms with Crippen LogP contribution in [-0.2, 0) is 19.6 Å². The molecule has 1 unspecified atom stereocenters. The van der Waals surface area contributed by atoms with Crippen LogP contribution in [0.15, 0.2) is 53.4 Å². The molecule has 160 valence electrons. The van der Waals surface area contributed by atoms with E-state index in [1.165, 1.54) is 35.5 Å². The number of halogens is 2. The Hall–Kier alpha value is -2.65. The van der Waals surface area contributed by atoms with E-state index in [0.717, 1.165) is 24.3 Å². The highest BCUT2D eigenvalue weighted by atomic mass is 32.2. The lowest BCUT2D eigenvalue weighted by Crippen LogP contribution is -2.41. The Labute approximate surface area is 173 Å². The van der Waals surface area contributed by atoms with E-state index in [4.69, 9.17) is 4.74 Å². The number of esters is 1. The molecule has 1 fully saturated rings. The molecule has 0 saturated carbocycles. The standard InChI is InChI=1S/C21H21F2NO5S/c1-14(20(25)15-2-4-17(22)5-3-15)29-21(26)16-10-12-24(13-11-16)30(27,28)19-8-6-18(23)7-9-19/h2-9,14,16H,10-13H2,1H3. The van der Waals surface area contributed by atoms with Crippen molar-refractivity contribution in [2.75, 3.05) is 13.1 Å². The van der Waals surface area contributed by atoms with E-state index in [1.54, 1.807) is 0 Å². The first kappa shape index (κ1) is 22.0. The molecule has 9 heteroatoms. The molecule has 1 atom stereocenters. The lowest BCUT2D eigenvalue weighted by atomic mass is 9.98. The van der Waals surface area contributed by atoms with Crippen LogP contribution in [0.5, 0.6) is 0 Å². The molecule has 0 bridgehead atoms. The van der Waals surface area contributed by atoms with Crippen molar-refractivity contribution < 1.29 is 31.5 Å². The molecular formula is C21H21F2NO5S. The fourth-order valence-electron chi connectivity index (χ4n) is 3.26. The van der Waals surface area contributed by atoms with Gasteiger partial charge in [0.1, 0.15) is 11.6 Å². The van der Waals surface area contributed by atoms with Gasteiger partial charge in [0.05, 0.1) is 10.8 Å². The minimum Gasteiger partial charge on any atom is -0.454 e. The second-order valence-electron chi connectivity index (χ2n) is 7.08. The van der Waals surface area contributed by atoms with Gasteiger partial charge in [-0.2, -0.15) is 4.31 Å². The zero-order chi connectivity index (χ0) is 21.9. The number of ketones is 1. The zero-order valence-electron chi connectivity index (χ0n) is 16.3. The van der Waals surface area contributed by atoms with Crippen LogP contribution in [0.3, 0.4) is 0 Å². The van der Waals surface area contributed by atoms with E-state index < -0.39 is 45.4 Å². The smallest absolute Gasteiger partial charge is 0.309 e. The molecule has 0 radical (unpaired) electrons. The first-order valence-electron chi connectivity index (χ1n) is 9.44. The Morgan fingerprint density at radius 1 is 0.967 bits per heavy atom. The number of nitrogens with zero attached hydrogens (tertiary/aromatic N) is 1. The molecule has 1 aliphatic heterocycles. The molecule has 0 aliphatic carbocycles. The van der Waals surface area contributed by atoms with E-state index in [0.29, 0.717) is 0 Å². The molecule has 30 heavy (non-hydrogen) atoms. The van der Waals surface area contributed by atoms with Gasteiger partial charge in [0, 0.05) is 18.7 Å². The molecule has 1 heterocycles. The van der Waals surface area contributed by atoms with Crippen molar-refractivity contribution in [2.24, 2.45) is 5.92 Å². The topological polar surface area (TPSA) is 80.8 Å². The Bertz CT molecular complexity index is 1010. The van der Waals surface area contributed by atoms with Gasteiger partial charge in [-0.05, 0) is 68.3 Å². The molecule has 2 aromatic rings. The molecule has 1 saturated heterocycles. The summed E-state index contributed by atoms with van der Waals surface area (Å²) in [6, 6.07) is 9.51. The first-order valence-corrected chi connectivity index (χ1v) is 10.9. The Kier molecular flexibility index (Phi) is 6.62. The van der Waals surface area contributed by atoms with Gasteiger partial charge >= 0.3 is 5.97 Å². The van der Waals surface area contributed by atoms with Gasteiger partial charge in [-0.3, -0.25) is 9.59 Å². The minimum absolute atomic E-state index is 0.0107. The number of piperidine rings is 1. The molecule has 2 aromatic carbocycles. The van der Waals surface area contributed by atoms with Crippen LogP contribution in [0, 0.1) is 17.6 Å². The van der Waals surface area contributed by atoms with Crippen molar-refractivity contribution in [1.29, 1.82) is 0 Å². The fourth-order valence-corrected chi connectivity index (χ4v) is 4.73. The molecule has 3 rings (SSSR count). The summed E-state index contributed by atoms with van der Waals surface area (Å²) in [4.78, 5) is 24.7. The number of benzene rings is 2. The number of carbonyl (C=O) groups is 2. The van der Waals surface area contributed by atoms with E-state index in [-0.39, 0.29) is 36.4 Å². The highest BCUT2D eigenvalue weighted by Crippen LogP contribution is 2.25. The second-order valence-corrected chi connectivity index (χ2v) is 9.02. The number of sulfonamides is 1. The van der Waals surface area contributed by atoms with Gasteiger partial charge in [0.25, 0.3) is 0 Å². The SMILES string of the molecule is CC(OC(=O)C1CCN(S(=O)(=O)c2ccc(F)cc2)CC1)C(=O)c1ccc(F)cc1. The monoisotopic (exact) mass is 437 g/mol. The summed E-state index contributed by atoms with van der Waals surface area (Å²) in [5, 5.41) is 0. The predicted molar refractivity (Wildman–Crippen MR) is 104 cm³/mol. The van der Waals surface area contributed by atoms with Crippen LogP contribution < -0.4 is 0 Å². The Balaban J connectivity index is 1.56. The number of ether oxygens (including phenoxy) is 1. The maximum absolute atomic E-state index is 13.0. The van der Waals surface area contributed by atoms with E-state index in [9.17, 15) is 26.8 Å². The van der Waals surface area contributed by atoms with E-state index in [1.807, 2.05) is 0 Å². The largest absolute Gasteiger partial charge is 0.454 e. The molecular weight excluding hydrogens is 416 g/mol. The minimum atomic E-state index is -3.77. The van der Waals surface area contributed by atoms with Crippen molar-refractivity contribution in [3.8, 4) is 0 Å². The van der Waals surface area contributed by atoms with E-state index in [2.05, 4.69) is 0 Å². The Morgan fingerprint density at radius 2 is 1.47 bits per heavy atom. The van der Waals surface area contributed by atoms with Gasteiger partial charge < -0.3 is 4.74 Å². The summed E-state index contributed by atoms with van der Waals surface area (Å²) in [6.07, 6.45) is -0.545. The van der Waals surface area contributed by atoms with Crippen LogP contribution in [-0.4, -0.2) is 43.7 Å². The van der Waals surface area contributed by atoms with Crippen molar-refractivity contribution in [3.05, 3.63) is 65.7 Å². The molecule has 0 N–H and O–H groups in total. The van der Waals surface area contributed by atoms with Gasteiger partial charge in [-0.25, -0.2) is 17.2 Å². The summed E-state index contributed by atoms with van der Waals surface area (Å²) < 4.78 is 57.8. The van der Waals surface area contributed by atoms with Gasteiger partial charge in [-0.1, -0.05) is 0 Å². The zero-order valence-corrected chi connectivity index (χ0v) is 17.1. The first-order chi connectivity index (χ1) is 14.2. The molecule has 0 spiro atoms. The normalized spacial score (nSPS) is 16.8. The summed E-state index contributed by atoms with van der Waals surface area (Å²) in [6.45, 7) is 1.66. The van der Waals surface area contributed by atoms with Gasteiger partial charge in [0.15, 0.2) is 6.10 Å². The maximum Gasteiger partial charge on any atom is 0.309 e. The molecule has 0 aromatic heterocycles. The molecule has 0 amide bonds. The lowest BCUT2D eigenvalue weighted by Gasteiger charge is -2.30. The highest BCUT2D eigenvalue weighted by molar-refractivity contribution is 7.89. The number of carbonyl (C=O) groups excluding carboxylic acids is 2. The van der Waals surface area contributed by atoms with E-state index >= 15 is 0 Å². The van der Waals surface area contributed by atoms with Crippen LogP contribution in [0.4, 0.5) is 8.78 Å². The van der Waals surface area contributed by atoms with Crippen molar-refractivity contribution in [1.82, 2.24) is 4.31 Å². The summed E-state index contributed by atoms with van der Waals surface area (Å²) >= 11 is 0. The second kappa shape index (κ2) is 9.01. The summed E-state index contributed by atoms with van der Waals surface area (Å²) in [5.41, 5.74) is 0.233. The summed E-state index contributed by atoms with van der Waals surface area (Å²) in [7, 11) is -3.77. The third-order valence-electron chi connectivity index (χ3n) is 5.03. The van der Waals surface area contributed by atoms with Crippen molar-refractivity contribution >= 4 is 21.8 Å².